The second kappa shape index (κ2) is 5.38. The summed E-state index contributed by atoms with van der Waals surface area (Å²) in [5, 5.41) is 3.21. The number of methoxy groups -OCH3 is 1. The summed E-state index contributed by atoms with van der Waals surface area (Å²) >= 11 is 3.52. The first-order chi connectivity index (χ1) is 8.65. The third-order valence-electron chi connectivity index (χ3n) is 3.37. The summed E-state index contributed by atoms with van der Waals surface area (Å²) in [6.45, 7) is 0.763. The number of halogens is 1. The summed E-state index contributed by atoms with van der Waals surface area (Å²) in [5.74, 6) is -0.233. The zero-order chi connectivity index (χ0) is 13.2. The molecular weight excluding hydrogens is 298 g/mol. The first-order valence-electron chi connectivity index (χ1n) is 5.73. The van der Waals surface area contributed by atoms with Gasteiger partial charge in [-0.3, -0.25) is 4.79 Å². The molecule has 18 heavy (non-hydrogen) atoms. The molecule has 1 heterocycles. The highest BCUT2D eigenvalue weighted by atomic mass is 79.9. The molecular formula is C13H16BrNO3. The van der Waals surface area contributed by atoms with Gasteiger partial charge < -0.3 is 14.8 Å². The predicted octanol–water partition coefficient (Wildman–Crippen LogP) is 1.90. The second-order valence-corrected chi connectivity index (χ2v) is 5.24. The van der Waals surface area contributed by atoms with Crippen LogP contribution in [0.1, 0.15) is 11.6 Å². The van der Waals surface area contributed by atoms with Crippen LogP contribution in [0.3, 0.4) is 0 Å². The molecule has 0 aromatic heterocycles. The zero-order valence-corrected chi connectivity index (χ0v) is 12.0. The number of carbonyl (C=O) groups is 1. The number of hydrogen-bond acceptors (Lipinski definition) is 4. The molecule has 1 N–H and O–H groups in total. The van der Waals surface area contributed by atoms with Crippen molar-refractivity contribution in [2.24, 2.45) is 5.41 Å². The third kappa shape index (κ3) is 2.06. The minimum absolute atomic E-state index is 0.130. The smallest absolute Gasteiger partial charge is 0.318 e. The van der Waals surface area contributed by atoms with Gasteiger partial charge in [0.2, 0.25) is 0 Å². The number of benzene rings is 1. The highest BCUT2D eigenvalue weighted by Crippen LogP contribution is 2.43. The van der Waals surface area contributed by atoms with Crippen molar-refractivity contribution in [1.29, 1.82) is 0 Å². The molecule has 1 aromatic carbocycles. The maximum atomic E-state index is 12.0. The third-order valence-corrected chi connectivity index (χ3v) is 4.09. The van der Waals surface area contributed by atoms with Gasteiger partial charge in [-0.2, -0.15) is 0 Å². The summed E-state index contributed by atoms with van der Waals surface area (Å²) in [6.07, 6.45) is 0. The van der Waals surface area contributed by atoms with Crippen LogP contribution in [0.25, 0.3) is 0 Å². The SMILES string of the molecule is CNC(c1ccccc1Br)C1(C(=O)OC)COC1. The van der Waals surface area contributed by atoms with E-state index in [1.54, 1.807) is 0 Å². The Kier molecular flexibility index (Phi) is 4.04. The van der Waals surface area contributed by atoms with Gasteiger partial charge in [-0.15, -0.1) is 0 Å². The number of carbonyl (C=O) groups excluding carboxylic acids is 1. The molecule has 0 saturated carbocycles. The van der Waals surface area contributed by atoms with Crippen molar-refractivity contribution < 1.29 is 14.3 Å². The van der Waals surface area contributed by atoms with E-state index in [1.807, 2.05) is 31.3 Å². The van der Waals surface area contributed by atoms with Gasteiger partial charge in [0.15, 0.2) is 0 Å². The standard InChI is InChI=1S/C13H16BrNO3/c1-15-11(9-5-3-4-6-10(9)14)13(7-18-8-13)12(16)17-2/h3-6,11,15H,7-8H2,1-2H3. The topological polar surface area (TPSA) is 47.6 Å². The Labute approximate surface area is 115 Å². The summed E-state index contributed by atoms with van der Waals surface area (Å²) in [6, 6.07) is 7.73. The van der Waals surface area contributed by atoms with Gasteiger partial charge in [-0.1, -0.05) is 34.1 Å². The van der Waals surface area contributed by atoms with Crippen molar-refractivity contribution in [1.82, 2.24) is 5.32 Å². The van der Waals surface area contributed by atoms with Gasteiger partial charge in [0.25, 0.3) is 0 Å². The fourth-order valence-corrected chi connectivity index (χ4v) is 2.88. The first kappa shape index (κ1) is 13.5. The van der Waals surface area contributed by atoms with E-state index in [2.05, 4.69) is 21.2 Å². The molecule has 1 fully saturated rings. The minimum Gasteiger partial charge on any atom is -0.468 e. The Morgan fingerprint density at radius 2 is 2.17 bits per heavy atom. The molecule has 4 nitrogen and oxygen atoms in total. The molecule has 2 rings (SSSR count). The summed E-state index contributed by atoms with van der Waals surface area (Å²) < 4.78 is 11.1. The largest absolute Gasteiger partial charge is 0.468 e. The average Bonchev–Trinajstić information content (AvgIpc) is 2.34. The van der Waals surface area contributed by atoms with Crippen LogP contribution in [0, 0.1) is 5.41 Å². The van der Waals surface area contributed by atoms with E-state index in [1.165, 1.54) is 7.11 Å². The van der Waals surface area contributed by atoms with Gasteiger partial charge >= 0.3 is 5.97 Å². The van der Waals surface area contributed by atoms with Crippen molar-refractivity contribution in [2.45, 2.75) is 6.04 Å². The molecule has 0 bridgehead atoms. The van der Waals surface area contributed by atoms with Crippen molar-refractivity contribution in [2.75, 3.05) is 27.4 Å². The van der Waals surface area contributed by atoms with Crippen molar-refractivity contribution in [3.05, 3.63) is 34.3 Å². The van der Waals surface area contributed by atoms with E-state index >= 15 is 0 Å². The maximum absolute atomic E-state index is 12.0. The lowest BCUT2D eigenvalue weighted by Gasteiger charge is -2.44. The highest BCUT2D eigenvalue weighted by molar-refractivity contribution is 9.10. The highest BCUT2D eigenvalue weighted by Gasteiger charge is 2.53. The number of rotatable bonds is 4. The van der Waals surface area contributed by atoms with Crippen LogP contribution >= 0.6 is 15.9 Å². The van der Waals surface area contributed by atoms with Gasteiger partial charge in [0, 0.05) is 4.47 Å². The molecule has 98 valence electrons. The molecule has 1 saturated heterocycles. The van der Waals surface area contributed by atoms with E-state index in [0.717, 1.165) is 10.0 Å². The molecule has 1 unspecified atom stereocenters. The van der Waals surface area contributed by atoms with Crippen LogP contribution < -0.4 is 5.32 Å². The molecule has 0 amide bonds. The fraction of sp³-hybridized carbons (Fsp3) is 0.462. The first-order valence-corrected chi connectivity index (χ1v) is 6.53. The molecule has 5 heteroatoms. The van der Waals surface area contributed by atoms with Crippen molar-refractivity contribution in [3.8, 4) is 0 Å². The van der Waals surface area contributed by atoms with E-state index in [4.69, 9.17) is 9.47 Å². The maximum Gasteiger partial charge on any atom is 0.318 e. The quantitative estimate of drug-likeness (QED) is 0.863. The Hall–Kier alpha value is -0.910. The molecule has 1 atom stereocenters. The second-order valence-electron chi connectivity index (χ2n) is 4.38. The van der Waals surface area contributed by atoms with Crippen LogP contribution in [-0.4, -0.2) is 33.3 Å². The minimum atomic E-state index is -0.632. The molecule has 0 spiro atoms. The Balaban J connectivity index is 2.39. The predicted molar refractivity (Wildman–Crippen MR) is 71.2 cm³/mol. The Morgan fingerprint density at radius 3 is 2.61 bits per heavy atom. The molecule has 1 aliphatic heterocycles. The lowest BCUT2D eigenvalue weighted by molar-refractivity contribution is -0.190. The van der Waals surface area contributed by atoms with E-state index in [-0.39, 0.29) is 12.0 Å². The van der Waals surface area contributed by atoms with Crippen LogP contribution in [0.2, 0.25) is 0 Å². The summed E-state index contributed by atoms with van der Waals surface area (Å²) in [5.41, 5.74) is 0.404. The number of nitrogens with one attached hydrogen (secondary N) is 1. The number of hydrogen-bond donors (Lipinski definition) is 1. The van der Waals surface area contributed by atoms with Crippen molar-refractivity contribution in [3.63, 3.8) is 0 Å². The lowest BCUT2D eigenvalue weighted by Crippen LogP contribution is -2.56. The number of esters is 1. The van der Waals surface area contributed by atoms with Gasteiger partial charge in [-0.05, 0) is 18.7 Å². The number of ether oxygens (including phenoxy) is 2. The molecule has 1 aromatic rings. The van der Waals surface area contributed by atoms with Crippen LogP contribution in [-0.2, 0) is 14.3 Å². The van der Waals surface area contributed by atoms with E-state index in [0.29, 0.717) is 13.2 Å². The van der Waals surface area contributed by atoms with Crippen LogP contribution in [0.15, 0.2) is 28.7 Å². The zero-order valence-electron chi connectivity index (χ0n) is 10.4. The molecule has 0 aliphatic carbocycles. The van der Waals surface area contributed by atoms with Gasteiger partial charge in [0.05, 0.1) is 26.4 Å². The fourth-order valence-electron chi connectivity index (χ4n) is 2.37. The van der Waals surface area contributed by atoms with Crippen LogP contribution in [0.4, 0.5) is 0 Å². The summed E-state index contributed by atoms with van der Waals surface area (Å²) in [7, 11) is 3.25. The van der Waals surface area contributed by atoms with E-state index < -0.39 is 5.41 Å². The van der Waals surface area contributed by atoms with Gasteiger partial charge in [-0.25, -0.2) is 0 Å². The summed E-state index contributed by atoms with van der Waals surface area (Å²) in [4.78, 5) is 12.0. The average molecular weight is 314 g/mol. The Bertz CT molecular complexity index is 446. The molecule has 1 aliphatic rings. The molecule has 0 radical (unpaired) electrons. The van der Waals surface area contributed by atoms with Gasteiger partial charge in [0.1, 0.15) is 5.41 Å². The van der Waals surface area contributed by atoms with Crippen molar-refractivity contribution >= 4 is 21.9 Å². The lowest BCUT2D eigenvalue weighted by atomic mass is 9.75. The Morgan fingerprint density at radius 1 is 1.50 bits per heavy atom. The van der Waals surface area contributed by atoms with Crippen LogP contribution in [0.5, 0.6) is 0 Å². The van der Waals surface area contributed by atoms with E-state index in [9.17, 15) is 4.79 Å². The monoisotopic (exact) mass is 313 g/mol. The normalized spacial score (nSPS) is 18.8.